The van der Waals surface area contributed by atoms with Gasteiger partial charge in [-0.3, -0.25) is 14.3 Å². The topological polar surface area (TPSA) is 76.9 Å². The molecule has 1 aliphatic carbocycles. The third-order valence-corrected chi connectivity index (χ3v) is 5.37. The number of rotatable bonds is 2. The van der Waals surface area contributed by atoms with Crippen molar-refractivity contribution in [3.8, 4) is 0 Å². The summed E-state index contributed by atoms with van der Waals surface area (Å²) in [5, 5.41) is 4.15. The average molecular weight is 348 g/mol. The summed E-state index contributed by atoms with van der Waals surface area (Å²) in [5.41, 5.74) is 0.0657. The maximum absolute atomic E-state index is 12.7. The van der Waals surface area contributed by atoms with Crippen LogP contribution in [0.5, 0.6) is 0 Å². The molecule has 2 aliphatic heterocycles. The van der Waals surface area contributed by atoms with Gasteiger partial charge in [0.25, 0.3) is 5.91 Å². The summed E-state index contributed by atoms with van der Waals surface area (Å²) in [6.45, 7) is 2.29. The van der Waals surface area contributed by atoms with Crippen LogP contribution in [0, 0.1) is 5.92 Å². The molecule has 1 unspecified atom stereocenters. The highest BCUT2D eigenvalue weighted by molar-refractivity contribution is 5.95. The second kappa shape index (κ2) is 6.42. The number of carbonyl (C=O) groups excluding carboxylic acids is 2. The van der Waals surface area contributed by atoms with Crippen LogP contribution in [0.4, 0.5) is 5.69 Å². The molecule has 8 heteroatoms. The van der Waals surface area contributed by atoms with Crippen molar-refractivity contribution in [1.29, 1.82) is 0 Å². The van der Waals surface area contributed by atoms with Crippen molar-refractivity contribution < 1.29 is 19.1 Å². The van der Waals surface area contributed by atoms with Gasteiger partial charge in [-0.25, -0.2) is 0 Å². The summed E-state index contributed by atoms with van der Waals surface area (Å²) in [6, 6.07) is 0. The smallest absolute Gasteiger partial charge is 0.253 e. The lowest BCUT2D eigenvalue weighted by atomic mass is 9.84. The first-order valence-corrected chi connectivity index (χ1v) is 8.86. The lowest BCUT2D eigenvalue weighted by Crippen LogP contribution is -2.61. The summed E-state index contributed by atoms with van der Waals surface area (Å²) in [4.78, 5) is 28.6. The van der Waals surface area contributed by atoms with Crippen molar-refractivity contribution in [2.75, 3.05) is 44.4 Å². The van der Waals surface area contributed by atoms with Crippen LogP contribution in [0.1, 0.15) is 19.3 Å². The second-order valence-corrected chi connectivity index (χ2v) is 7.26. The van der Waals surface area contributed by atoms with Gasteiger partial charge in [0.15, 0.2) is 0 Å². The molecule has 2 amide bonds. The summed E-state index contributed by atoms with van der Waals surface area (Å²) >= 11 is 0. The van der Waals surface area contributed by atoms with Gasteiger partial charge in [0.1, 0.15) is 12.2 Å². The Morgan fingerprint density at radius 3 is 2.88 bits per heavy atom. The molecular weight excluding hydrogens is 324 g/mol. The van der Waals surface area contributed by atoms with Crippen molar-refractivity contribution in [1.82, 2.24) is 14.7 Å². The average Bonchev–Trinajstić information content (AvgIpc) is 2.86. The number of aryl methyl sites for hydroxylation is 1. The highest BCUT2D eigenvalue weighted by atomic mass is 16.6. The van der Waals surface area contributed by atoms with Crippen molar-refractivity contribution >= 4 is 17.5 Å². The van der Waals surface area contributed by atoms with Gasteiger partial charge in [0.2, 0.25) is 5.91 Å². The zero-order valence-corrected chi connectivity index (χ0v) is 14.5. The molecule has 1 aromatic rings. The van der Waals surface area contributed by atoms with E-state index in [0.29, 0.717) is 32.8 Å². The van der Waals surface area contributed by atoms with Gasteiger partial charge >= 0.3 is 0 Å². The lowest BCUT2D eigenvalue weighted by molar-refractivity contribution is -0.152. The Hall–Kier alpha value is -1.93. The van der Waals surface area contributed by atoms with Crippen molar-refractivity contribution in [2.24, 2.45) is 13.0 Å². The number of ether oxygens (including phenoxy) is 2. The molecule has 3 aliphatic rings. The number of hydrogen-bond acceptors (Lipinski definition) is 5. The van der Waals surface area contributed by atoms with E-state index in [-0.39, 0.29) is 24.3 Å². The molecular formula is C17H24N4O4. The fourth-order valence-electron chi connectivity index (χ4n) is 3.69. The minimum Gasteiger partial charge on any atom is -0.376 e. The van der Waals surface area contributed by atoms with E-state index in [1.54, 1.807) is 15.8 Å². The predicted molar refractivity (Wildman–Crippen MR) is 89.0 cm³/mol. The molecule has 4 rings (SSSR count). The van der Waals surface area contributed by atoms with Crippen LogP contribution >= 0.6 is 0 Å². The molecule has 136 valence electrons. The molecule has 0 bridgehead atoms. The van der Waals surface area contributed by atoms with Crippen LogP contribution < -0.4 is 4.90 Å². The summed E-state index contributed by atoms with van der Waals surface area (Å²) in [6.07, 6.45) is 6.57. The second-order valence-electron chi connectivity index (χ2n) is 7.26. The van der Waals surface area contributed by atoms with E-state index in [4.69, 9.17) is 9.47 Å². The van der Waals surface area contributed by atoms with Gasteiger partial charge in [0, 0.05) is 25.7 Å². The van der Waals surface area contributed by atoms with E-state index in [1.165, 1.54) is 0 Å². The summed E-state index contributed by atoms with van der Waals surface area (Å²) in [7, 11) is 1.82. The molecule has 8 nitrogen and oxygen atoms in total. The molecule has 1 atom stereocenters. The third-order valence-electron chi connectivity index (χ3n) is 5.37. The highest BCUT2D eigenvalue weighted by Crippen LogP contribution is 2.31. The zero-order valence-electron chi connectivity index (χ0n) is 14.5. The van der Waals surface area contributed by atoms with E-state index in [2.05, 4.69) is 5.10 Å². The van der Waals surface area contributed by atoms with Crippen molar-refractivity contribution in [3.05, 3.63) is 12.4 Å². The van der Waals surface area contributed by atoms with Crippen LogP contribution in [-0.2, 0) is 26.1 Å². The van der Waals surface area contributed by atoms with Gasteiger partial charge in [-0.2, -0.15) is 5.10 Å². The molecule has 0 aromatic carbocycles. The van der Waals surface area contributed by atoms with Gasteiger partial charge in [-0.15, -0.1) is 0 Å². The standard InChI is InChI=1S/C17H24N4O4/c1-19-8-14(7-18-19)21-11-17(25-9-15(21)22)10-20(5-6-24-12-17)16(23)13-3-2-4-13/h7-8,13H,2-6,9-12H2,1H3. The number of aromatic nitrogens is 2. The van der Waals surface area contributed by atoms with Crippen LogP contribution in [0.25, 0.3) is 0 Å². The Morgan fingerprint density at radius 2 is 2.20 bits per heavy atom. The predicted octanol–water partition coefficient (Wildman–Crippen LogP) is 0.181. The summed E-state index contributed by atoms with van der Waals surface area (Å²) < 4.78 is 13.3. The number of morpholine rings is 1. The van der Waals surface area contributed by atoms with Gasteiger partial charge in [-0.05, 0) is 12.8 Å². The molecule has 1 spiro atoms. The normalized spacial score (nSPS) is 28.1. The van der Waals surface area contributed by atoms with Crippen LogP contribution in [0.3, 0.4) is 0 Å². The Labute approximate surface area is 146 Å². The van der Waals surface area contributed by atoms with Crippen molar-refractivity contribution in [3.63, 3.8) is 0 Å². The molecule has 25 heavy (non-hydrogen) atoms. The Kier molecular flexibility index (Phi) is 4.24. The SMILES string of the molecule is Cn1cc(N2CC3(COCCN(C(=O)C4CCC4)C3)OCC2=O)cn1. The van der Waals surface area contributed by atoms with E-state index >= 15 is 0 Å². The fourth-order valence-corrected chi connectivity index (χ4v) is 3.69. The first-order chi connectivity index (χ1) is 12.1. The number of hydrogen-bond donors (Lipinski definition) is 0. The lowest BCUT2D eigenvalue weighted by Gasteiger charge is -2.43. The van der Waals surface area contributed by atoms with Gasteiger partial charge in [-0.1, -0.05) is 6.42 Å². The largest absolute Gasteiger partial charge is 0.376 e. The minimum atomic E-state index is -0.681. The van der Waals surface area contributed by atoms with Crippen molar-refractivity contribution in [2.45, 2.75) is 24.9 Å². The van der Waals surface area contributed by atoms with Crippen LogP contribution in [0.15, 0.2) is 12.4 Å². The Morgan fingerprint density at radius 1 is 1.36 bits per heavy atom. The molecule has 1 aromatic heterocycles. The fraction of sp³-hybridized carbons (Fsp3) is 0.706. The van der Waals surface area contributed by atoms with Gasteiger partial charge in [0.05, 0.1) is 38.2 Å². The minimum absolute atomic E-state index is 0.0102. The highest BCUT2D eigenvalue weighted by Gasteiger charge is 2.45. The van der Waals surface area contributed by atoms with E-state index in [0.717, 1.165) is 24.9 Å². The molecule has 3 fully saturated rings. The molecule has 2 saturated heterocycles. The van der Waals surface area contributed by atoms with Gasteiger partial charge < -0.3 is 19.3 Å². The number of carbonyl (C=O) groups is 2. The number of anilines is 1. The van der Waals surface area contributed by atoms with E-state index < -0.39 is 5.60 Å². The number of nitrogens with zero attached hydrogens (tertiary/aromatic N) is 4. The van der Waals surface area contributed by atoms with Crippen LogP contribution in [-0.4, -0.2) is 71.6 Å². The quantitative estimate of drug-likeness (QED) is 0.762. The molecule has 0 radical (unpaired) electrons. The van der Waals surface area contributed by atoms with Crippen LogP contribution in [0.2, 0.25) is 0 Å². The molecule has 1 saturated carbocycles. The van der Waals surface area contributed by atoms with E-state index in [9.17, 15) is 9.59 Å². The zero-order chi connectivity index (χ0) is 17.4. The monoisotopic (exact) mass is 348 g/mol. The molecule has 0 N–H and O–H groups in total. The Balaban J connectivity index is 1.54. The number of amides is 2. The first-order valence-electron chi connectivity index (χ1n) is 8.86. The molecule has 3 heterocycles. The summed E-state index contributed by atoms with van der Waals surface area (Å²) in [5.74, 6) is 0.249. The Bertz CT molecular complexity index is 671. The third kappa shape index (κ3) is 3.16. The maximum atomic E-state index is 12.7. The maximum Gasteiger partial charge on any atom is 0.253 e. The first kappa shape index (κ1) is 16.5. The van der Waals surface area contributed by atoms with E-state index in [1.807, 2.05) is 18.1 Å².